The van der Waals surface area contributed by atoms with Crippen LogP contribution in [0.5, 0.6) is 0 Å². The van der Waals surface area contributed by atoms with Crippen LogP contribution in [0.3, 0.4) is 0 Å². The molecule has 0 spiro atoms. The van der Waals surface area contributed by atoms with Gasteiger partial charge in [0, 0.05) is 61.6 Å². The minimum absolute atomic E-state index is 0.0177. The maximum atomic E-state index is 12.8. The molecule has 1 fully saturated rings. The fourth-order valence-corrected chi connectivity index (χ4v) is 4.07. The minimum Gasteiger partial charge on any atom is -0.372 e. The van der Waals surface area contributed by atoms with E-state index in [4.69, 9.17) is 0 Å². The maximum absolute atomic E-state index is 12.8. The number of carbonyl (C=O) groups is 1. The number of H-pyrrole nitrogens is 1. The number of anilines is 1. The number of nitrogens with one attached hydrogen (secondary N) is 1. The summed E-state index contributed by atoms with van der Waals surface area (Å²) < 4.78 is 0. The van der Waals surface area contributed by atoms with Gasteiger partial charge in [0.1, 0.15) is 5.82 Å². The molecule has 7 heteroatoms. The number of amides is 1. The molecule has 1 aliphatic heterocycles. The molecule has 1 aromatic carbocycles. The van der Waals surface area contributed by atoms with Crippen LogP contribution in [-0.4, -0.2) is 45.9 Å². The first-order valence-electron chi connectivity index (χ1n) is 11.1. The van der Waals surface area contributed by atoms with E-state index in [1.54, 1.807) is 37.3 Å². The van der Waals surface area contributed by atoms with E-state index < -0.39 is 0 Å². The Kier molecular flexibility index (Phi) is 6.63. The molecule has 166 valence electrons. The van der Waals surface area contributed by atoms with Crippen LogP contribution in [0.25, 0.3) is 11.4 Å². The first-order valence-corrected chi connectivity index (χ1v) is 11.1. The lowest BCUT2D eigenvalue weighted by Crippen LogP contribution is -2.31. The van der Waals surface area contributed by atoms with E-state index in [-0.39, 0.29) is 17.9 Å². The van der Waals surface area contributed by atoms with E-state index in [1.165, 1.54) is 24.9 Å². The number of aromatic amines is 1. The Labute approximate surface area is 188 Å². The summed E-state index contributed by atoms with van der Waals surface area (Å²) in [5, 5.41) is 0. The Morgan fingerprint density at radius 3 is 2.53 bits per heavy atom. The molecule has 0 aliphatic carbocycles. The smallest absolute Gasteiger partial charge is 0.255 e. The summed E-state index contributed by atoms with van der Waals surface area (Å²) in [5.41, 5.74) is 3.71. The topological polar surface area (TPSA) is 82.2 Å². The van der Waals surface area contributed by atoms with Gasteiger partial charge in [-0.1, -0.05) is 12.1 Å². The SMILES string of the molecule is Cc1nc(-c2cccnc2)[nH]c(=O)c1CC(=O)N(C)Cc1ccc(N2CCCCC2)cc1. The first-order chi connectivity index (χ1) is 15.5. The number of carbonyl (C=O) groups excluding carboxylic acids is 1. The summed E-state index contributed by atoms with van der Waals surface area (Å²) in [6.45, 7) is 4.48. The van der Waals surface area contributed by atoms with Gasteiger partial charge in [-0.05, 0) is 56.0 Å². The molecule has 3 aromatic rings. The fourth-order valence-electron chi connectivity index (χ4n) is 4.07. The second-order valence-electron chi connectivity index (χ2n) is 8.36. The lowest BCUT2D eigenvalue weighted by molar-refractivity contribution is -0.129. The number of rotatable bonds is 6. The first kappa shape index (κ1) is 21.7. The number of aryl methyl sites for hydroxylation is 1. The third-order valence-electron chi connectivity index (χ3n) is 5.99. The molecule has 1 N–H and O–H groups in total. The predicted octanol–water partition coefficient (Wildman–Crippen LogP) is 3.33. The average molecular weight is 432 g/mol. The van der Waals surface area contributed by atoms with Gasteiger partial charge >= 0.3 is 0 Å². The highest BCUT2D eigenvalue weighted by Gasteiger charge is 2.17. The van der Waals surface area contributed by atoms with Gasteiger partial charge in [-0.2, -0.15) is 0 Å². The van der Waals surface area contributed by atoms with Gasteiger partial charge < -0.3 is 14.8 Å². The second-order valence-corrected chi connectivity index (χ2v) is 8.36. The van der Waals surface area contributed by atoms with Crippen molar-refractivity contribution < 1.29 is 4.79 Å². The summed E-state index contributed by atoms with van der Waals surface area (Å²) in [6.07, 6.45) is 7.13. The van der Waals surface area contributed by atoms with E-state index in [0.29, 0.717) is 23.6 Å². The Hall–Kier alpha value is -3.48. The van der Waals surface area contributed by atoms with Crippen LogP contribution in [0.2, 0.25) is 0 Å². The molecule has 4 rings (SSSR count). The van der Waals surface area contributed by atoms with Crippen molar-refractivity contribution >= 4 is 11.6 Å². The number of aromatic nitrogens is 3. The van der Waals surface area contributed by atoms with E-state index in [0.717, 1.165) is 24.2 Å². The Bertz CT molecular complexity index is 1120. The van der Waals surface area contributed by atoms with E-state index in [2.05, 4.69) is 44.1 Å². The Morgan fingerprint density at radius 2 is 1.88 bits per heavy atom. The van der Waals surface area contributed by atoms with Crippen molar-refractivity contribution in [3.8, 4) is 11.4 Å². The number of hydrogen-bond acceptors (Lipinski definition) is 5. The molecular weight excluding hydrogens is 402 g/mol. The third kappa shape index (κ3) is 5.04. The fraction of sp³-hybridized carbons (Fsp3) is 0.360. The summed E-state index contributed by atoms with van der Waals surface area (Å²) in [6, 6.07) is 12.0. The van der Waals surface area contributed by atoms with Crippen molar-refractivity contribution in [1.82, 2.24) is 19.9 Å². The molecule has 3 heterocycles. The number of hydrogen-bond donors (Lipinski definition) is 1. The average Bonchev–Trinajstić information content (AvgIpc) is 2.82. The van der Waals surface area contributed by atoms with Crippen LogP contribution in [0.15, 0.2) is 53.6 Å². The molecule has 0 unspecified atom stereocenters. The Balaban J connectivity index is 1.41. The summed E-state index contributed by atoms with van der Waals surface area (Å²) in [7, 11) is 1.77. The van der Waals surface area contributed by atoms with Crippen LogP contribution >= 0.6 is 0 Å². The Morgan fingerprint density at radius 1 is 1.12 bits per heavy atom. The zero-order valence-electron chi connectivity index (χ0n) is 18.7. The van der Waals surface area contributed by atoms with Crippen molar-refractivity contribution in [2.24, 2.45) is 0 Å². The van der Waals surface area contributed by atoms with Crippen molar-refractivity contribution in [1.29, 1.82) is 0 Å². The molecule has 1 saturated heterocycles. The van der Waals surface area contributed by atoms with E-state index in [1.807, 2.05) is 6.07 Å². The van der Waals surface area contributed by atoms with Crippen LogP contribution in [0.4, 0.5) is 5.69 Å². The van der Waals surface area contributed by atoms with Gasteiger partial charge in [0.2, 0.25) is 5.91 Å². The van der Waals surface area contributed by atoms with Gasteiger partial charge in [0.05, 0.1) is 6.42 Å². The second kappa shape index (κ2) is 9.77. The highest BCUT2D eigenvalue weighted by atomic mass is 16.2. The van der Waals surface area contributed by atoms with E-state index in [9.17, 15) is 9.59 Å². The third-order valence-corrected chi connectivity index (χ3v) is 5.99. The molecule has 1 aliphatic rings. The number of nitrogens with zero attached hydrogens (tertiary/aromatic N) is 4. The quantitative estimate of drug-likeness (QED) is 0.647. The molecule has 0 saturated carbocycles. The lowest BCUT2D eigenvalue weighted by atomic mass is 10.1. The summed E-state index contributed by atoms with van der Waals surface area (Å²) in [4.78, 5) is 40.9. The lowest BCUT2D eigenvalue weighted by Gasteiger charge is -2.29. The molecule has 1 amide bonds. The zero-order chi connectivity index (χ0) is 22.5. The zero-order valence-corrected chi connectivity index (χ0v) is 18.7. The highest BCUT2D eigenvalue weighted by molar-refractivity contribution is 5.78. The van der Waals surface area contributed by atoms with Crippen LogP contribution in [0, 0.1) is 6.92 Å². The number of piperidine rings is 1. The highest BCUT2D eigenvalue weighted by Crippen LogP contribution is 2.21. The largest absolute Gasteiger partial charge is 0.372 e. The standard InChI is InChI=1S/C25H29N5O2/c1-18-22(25(32)28-24(27-18)20-7-6-12-26-16-20)15-23(31)29(2)17-19-8-10-21(11-9-19)30-13-4-3-5-14-30/h6-12,16H,3-5,13-15,17H2,1-2H3,(H,27,28,32). The minimum atomic E-state index is -0.288. The predicted molar refractivity (Wildman–Crippen MR) is 126 cm³/mol. The van der Waals surface area contributed by atoms with E-state index >= 15 is 0 Å². The summed E-state index contributed by atoms with van der Waals surface area (Å²) >= 11 is 0. The maximum Gasteiger partial charge on any atom is 0.255 e. The van der Waals surface area contributed by atoms with Gasteiger partial charge in [-0.15, -0.1) is 0 Å². The van der Waals surface area contributed by atoms with Gasteiger partial charge in [0.15, 0.2) is 0 Å². The monoisotopic (exact) mass is 431 g/mol. The molecule has 32 heavy (non-hydrogen) atoms. The molecule has 0 bridgehead atoms. The number of pyridine rings is 1. The van der Waals surface area contributed by atoms with Gasteiger partial charge in [-0.3, -0.25) is 14.6 Å². The van der Waals surface area contributed by atoms with Crippen LogP contribution in [-0.2, 0) is 17.8 Å². The molecule has 0 radical (unpaired) electrons. The molecule has 7 nitrogen and oxygen atoms in total. The van der Waals surface area contributed by atoms with Crippen molar-refractivity contribution in [2.75, 3.05) is 25.0 Å². The molecular formula is C25H29N5O2. The van der Waals surface area contributed by atoms with Crippen LogP contribution < -0.4 is 10.5 Å². The molecule has 2 aromatic heterocycles. The number of benzene rings is 1. The summed E-state index contributed by atoms with van der Waals surface area (Å²) in [5.74, 6) is 0.341. The van der Waals surface area contributed by atoms with Crippen molar-refractivity contribution in [2.45, 2.75) is 39.2 Å². The van der Waals surface area contributed by atoms with Gasteiger partial charge in [0.25, 0.3) is 5.56 Å². The number of likely N-dealkylation sites (N-methyl/N-ethyl adjacent to an activating group) is 1. The normalized spacial score (nSPS) is 13.8. The van der Waals surface area contributed by atoms with Crippen molar-refractivity contribution in [3.63, 3.8) is 0 Å². The van der Waals surface area contributed by atoms with Crippen molar-refractivity contribution in [3.05, 3.63) is 76.0 Å². The van der Waals surface area contributed by atoms with Gasteiger partial charge in [-0.25, -0.2) is 4.98 Å². The van der Waals surface area contributed by atoms with Crippen LogP contribution in [0.1, 0.15) is 36.1 Å². The molecule has 0 atom stereocenters.